The molecule has 34 heavy (non-hydrogen) atoms. The standard InChI is InChI=1S/C25H31N3O5S/c1-16-7-8-17(2)22(9-16)25(29)27-14-23(32-3)24(15-27)33-21-6-4-5-19(12-21)26-34(30,31)28-13-18-10-20(28)11-18/h4-9,12,18,20,23-24,26H,10-11,13-15H2,1-3H3/t18-,20+,23?,24?. The topological polar surface area (TPSA) is 88.2 Å². The maximum Gasteiger partial charge on any atom is 0.301 e. The van der Waals surface area contributed by atoms with Gasteiger partial charge in [0.05, 0.1) is 18.8 Å². The second-order valence-electron chi connectivity index (χ2n) is 9.65. The van der Waals surface area contributed by atoms with E-state index in [2.05, 4.69) is 4.72 Å². The molecule has 3 saturated heterocycles. The third-order valence-corrected chi connectivity index (χ3v) is 8.72. The van der Waals surface area contributed by atoms with Crippen molar-refractivity contribution in [1.29, 1.82) is 0 Å². The van der Waals surface area contributed by atoms with Crippen LogP contribution in [0.3, 0.4) is 0 Å². The Morgan fingerprint density at radius 1 is 1.03 bits per heavy atom. The monoisotopic (exact) mass is 485 g/mol. The molecule has 2 aromatic carbocycles. The van der Waals surface area contributed by atoms with Crippen LogP contribution in [0.25, 0.3) is 0 Å². The van der Waals surface area contributed by atoms with Crippen molar-refractivity contribution < 1.29 is 22.7 Å². The van der Waals surface area contributed by atoms with Gasteiger partial charge in [-0.3, -0.25) is 9.52 Å². The van der Waals surface area contributed by atoms with Gasteiger partial charge in [0, 0.05) is 31.3 Å². The third kappa shape index (κ3) is 4.39. The van der Waals surface area contributed by atoms with Crippen LogP contribution in [0.4, 0.5) is 5.69 Å². The number of likely N-dealkylation sites (tertiary alicyclic amines) is 1. The Bertz CT molecular complexity index is 1190. The lowest BCUT2D eigenvalue weighted by molar-refractivity contribution is 0.0340. The number of anilines is 1. The highest BCUT2D eigenvalue weighted by atomic mass is 32.2. The van der Waals surface area contributed by atoms with E-state index in [9.17, 15) is 13.2 Å². The summed E-state index contributed by atoms with van der Waals surface area (Å²) in [6.07, 6.45) is 1.27. The summed E-state index contributed by atoms with van der Waals surface area (Å²) in [6.45, 7) is 5.31. The first-order chi connectivity index (χ1) is 16.2. The number of nitrogens with one attached hydrogen (secondary N) is 1. The van der Waals surface area contributed by atoms with Gasteiger partial charge in [-0.2, -0.15) is 12.7 Å². The van der Waals surface area contributed by atoms with Crippen LogP contribution in [0, 0.1) is 19.8 Å². The maximum absolute atomic E-state index is 13.2. The molecule has 2 bridgehead atoms. The second-order valence-corrected chi connectivity index (χ2v) is 11.3. The quantitative estimate of drug-likeness (QED) is 0.652. The van der Waals surface area contributed by atoms with Gasteiger partial charge in [0.1, 0.15) is 18.0 Å². The zero-order valence-corrected chi connectivity index (χ0v) is 20.5. The molecule has 1 N–H and O–H groups in total. The summed E-state index contributed by atoms with van der Waals surface area (Å²) < 4.78 is 41.7. The molecule has 2 unspecified atom stereocenters. The molecule has 4 aliphatic rings. The average molecular weight is 486 g/mol. The van der Waals surface area contributed by atoms with Gasteiger partial charge < -0.3 is 14.4 Å². The first-order valence-corrected chi connectivity index (χ1v) is 13.1. The van der Waals surface area contributed by atoms with Crippen LogP contribution in [-0.2, 0) is 14.9 Å². The molecule has 6 rings (SSSR count). The van der Waals surface area contributed by atoms with Crippen molar-refractivity contribution in [3.63, 3.8) is 0 Å². The Morgan fingerprint density at radius 2 is 1.79 bits per heavy atom. The Balaban J connectivity index is 1.27. The molecule has 1 saturated carbocycles. The molecule has 1 amide bonds. The fourth-order valence-corrected chi connectivity index (χ4v) is 6.70. The van der Waals surface area contributed by atoms with Crippen molar-refractivity contribution in [3.05, 3.63) is 59.2 Å². The van der Waals surface area contributed by atoms with E-state index in [1.54, 1.807) is 40.6 Å². The molecule has 3 heterocycles. The van der Waals surface area contributed by atoms with Gasteiger partial charge in [0.15, 0.2) is 0 Å². The molecule has 2 atom stereocenters. The van der Waals surface area contributed by atoms with E-state index in [-0.39, 0.29) is 24.2 Å². The molecule has 0 radical (unpaired) electrons. The van der Waals surface area contributed by atoms with E-state index in [4.69, 9.17) is 9.47 Å². The third-order valence-electron chi connectivity index (χ3n) is 7.16. The van der Waals surface area contributed by atoms with Crippen molar-refractivity contribution in [1.82, 2.24) is 9.21 Å². The average Bonchev–Trinajstić information content (AvgIpc) is 3.49. The number of methoxy groups -OCH3 is 1. The molecular weight excluding hydrogens is 454 g/mol. The highest BCUT2D eigenvalue weighted by molar-refractivity contribution is 7.90. The zero-order chi connectivity index (χ0) is 24.0. The van der Waals surface area contributed by atoms with Gasteiger partial charge in [0.2, 0.25) is 0 Å². The van der Waals surface area contributed by atoms with Crippen LogP contribution < -0.4 is 9.46 Å². The van der Waals surface area contributed by atoms with Gasteiger partial charge in [0.25, 0.3) is 5.91 Å². The summed E-state index contributed by atoms with van der Waals surface area (Å²) in [4.78, 5) is 14.9. The molecule has 3 aliphatic heterocycles. The normalized spacial score (nSPS) is 26.4. The van der Waals surface area contributed by atoms with Gasteiger partial charge >= 0.3 is 10.2 Å². The molecule has 182 valence electrons. The summed E-state index contributed by atoms with van der Waals surface area (Å²) in [5.74, 6) is 0.984. The van der Waals surface area contributed by atoms with E-state index in [1.165, 1.54) is 0 Å². The fourth-order valence-electron chi connectivity index (χ4n) is 5.18. The van der Waals surface area contributed by atoms with Gasteiger partial charge in [-0.15, -0.1) is 0 Å². The highest BCUT2D eigenvalue weighted by Crippen LogP contribution is 2.42. The number of rotatable bonds is 7. The predicted octanol–water partition coefficient (Wildman–Crippen LogP) is 2.97. The van der Waals surface area contributed by atoms with Gasteiger partial charge in [-0.25, -0.2) is 0 Å². The highest BCUT2D eigenvalue weighted by Gasteiger charge is 2.48. The van der Waals surface area contributed by atoms with Crippen LogP contribution in [0.1, 0.15) is 34.3 Å². The van der Waals surface area contributed by atoms with Crippen LogP contribution in [0.15, 0.2) is 42.5 Å². The first-order valence-electron chi connectivity index (χ1n) is 11.7. The molecule has 4 fully saturated rings. The van der Waals surface area contributed by atoms with Crippen molar-refractivity contribution >= 4 is 21.8 Å². The lowest BCUT2D eigenvalue weighted by Crippen LogP contribution is -2.38. The minimum Gasteiger partial charge on any atom is -0.486 e. The molecule has 0 spiro atoms. The van der Waals surface area contributed by atoms with Gasteiger partial charge in [-0.05, 0) is 56.4 Å². The number of carbonyl (C=O) groups excluding carboxylic acids is 1. The Labute approximate surface area is 201 Å². The number of hydrogen-bond donors (Lipinski definition) is 1. The number of nitrogens with zero attached hydrogens (tertiary/aromatic N) is 2. The Hall–Kier alpha value is -2.62. The molecule has 9 heteroatoms. The number of benzene rings is 2. The van der Waals surface area contributed by atoms with E-state index in [0.29, 0.717) is 42.6 Å². The van der Waals surface area contributed by atoms with Crippen LogP contribution >= 0.6 is 0 Å². The van der Waals surface area contributed by atoms with Crippen molar-refractivity contribution in [3.8, 4) is 5.75 Å². The van der Waals surface area contributed by atoms with Crippen molar-refractivity contribution in [2.75, 3.05) is 31.5 Å². The van der Waals surface area contributed by atoms with Crippen LogP contribution in [-0.4, -0.2) is 68.5 Å². The van der Waals surface area contributed by atoms with Crippen molar-refractivity contribution in [2.45, 2.75) is 44.9 Å². The summed E-state index contributed by atoms with van der Waals surface area (Å²) in [5, 5.41) is 0. The number of aryl methyl sites for hydroxylation is 2. The summed E-state index contributed by atoms with van der Waals surface area (Å²) >= 11 is 0. The second kappa shape index (κ2) is 8.87. The number of carbonyl (C=O) groups is 1. The number of ether oxygens (including phenoxy) is 2. The smallest absolute Gasteiger partial charge is 0.301 e. The Morgan fingerprint density at radius 3 is 2.50 bits per heavy atom. The number of amides is 1. The predicted molar refractivity (Wildman–Crippen MR) is 129 cm³/mol. The summed E-state index contributed by atoms with van der Waals surface area (Å²) in [5.41, 5.74) is 3.11. The van der Waals surface area contributed by atoms with Crippen LogP contribution in [0.2, 0.25) is 0 Å². The van der Waals surface area contributed by atoms with E-state index >= 15 is 0 Å². The van der Waals surface area contributed by atoms with E-state index in [1.807, 2.05) is 32.0 Å². The number of fused-ring (bicyclic) bond motifs is 1. The van der Waals surface area contributed by atoms with E-state index < -0.39 is 10.2 Å². The summed E-state index contributed by atoms with van der Waals surface area (Å²) in [6, 6.07) is 12.9. The molecule has 0 aromatic heterocycles. The lowest BCUT2D eigenvalue weighted by Gasteiger charge is -2.25. The van der Waals surface area contributed by atoms with Crippen LogP contribution in [0.5, 0.6) is 5.75 Å². The largest absolute Gasteiger partial charge is 0.486 e. The fraction of sp³-hybridized carbons (Fsp3) is 0.480. The molecule has 1 aliphatic carbocycles. The minimum absolute atomic E-state index is 0.0418. The lowest BCUT2D eigenvalue weighted by atomic mass is 9.87. The van der Waals surface area contributed by atoms with E-state index in [0.717, 1.165) is 24.0 Å². The summed E-state index contributed by atoms with van der Waals surface area (Å²) in [7, 11) is -1.98. The minimum atomic E-state index is -3.59. The number of hydrogen-bond acceptors (Lipinski definition) is 5. The maximum atomic E-state index is 13.2. The van der Waals surface area contributed by atoms with Crippen molar-refractivity contribution in [2.24, 2.45) is 5.92 Å². The Kier molecular flexibility index (Phi) is 6.03. The van der Waals surface area contributed by atoms with Gasteiger partial charge in [-0.1, -0.05) is 23.8 Å². The SMILES string of the molecule is COC1CN(C(=O)c2cc(C)ccc2C)CC1Oc1cccc(NS(=O)(=O)N2C[C@H]3C[C@@H]2C3)c1. The molecule has 2 aromatic rings. The molecular formula is C25H31N3O5S. The molecule has 8 nitrogen and oxygen atoms in total. The first kappa shape index (κ1) is 23.1. The zero-order valence-electron chi connectivity index (χ0n) is 19.7.